The summed E-state index contributed by atoms with van der Waals surface area (Å²) in [5.41, 5.74) is 4.03. The number of nitrogens with one attached hydrogen (secondary N) is 1. The van der Waals surface area contributed by atoms with Crippen molar-refractivity contribution in [2.45, 2.75) is 39.3 Å². The van der Waals surface area contributed by atoms with Gasteiger partial charge in [-0.3, -0.25) is 4.90 Å². The van der Waals surface area contributed by atoms with Crippen molar-refractivity contribution in [2.75, 3.05) is 26.2 Å². The molecule has 1 saturated heterocycles. The first kappa shape index (κ1) is 14.5. The fraction of sp³-hybridized carbons (Fsp3) is 0.625. The Morgan fingerprint density at radius 1 is 1.37 bits per heavy atom. The molecule has 0 spiro atoms. The number of nitrogens with zero attached hydrogens (tertiary/aromatic N) is 1. The maximum atomic E-state index is 9.24. The molecular weight excluding hydrogens is 236 g/mol. The zero-order valence-electron chi connectivity index (χ0n) is 12.2. The number of benzene rings is 1. The third-order valence-electron chi connectivity index (χ3n) is 3.95. The third kappa shape index (κ3) is 4.30. The molecule has 1 unspecified atom stereocenters. The minimum Gasteiger partial charge on any atom is -0.395 e. The quantitative estimate of drug-likeness (QED) is 0.821. The summed E-state index contributed by atoms with van der Waals surface area (Å²) in [5.74, 6) is 0. The van der Waals surface area contributed by atoms with Crippen LogP contribution in [0.3, 0.4) is 0 Å². The lowest BCUT2D eigenvalue weighted by Gasteiger charge is -2.25. The summed E-state index contributed by atoms with van der Waals surface area (Å²) >= 11 is 0. The van der Waals surface area contributed by atoms with Crippen LogP contribution in [0.15, 0.2) is 18.2 Å². The van der Waals surface area contributed by atoms with Gasteiger partial charge < -0.3 is 10.4 Å². The summed E-state index contributed by atoms with van der Waals surface area (Å²) in [6, 6.07) is 7.22. The Kier molecular flexibility index (Phi) is 5.37. The number of aliphatic hydroxyl groups excluding tert-OH is 1. The van der Waals surface area contributed by atoms with Crippen LogP contribution in [0.5, 0.6) is 0 Å². The van der Waals surface area contributed by atoms with E-state index in [0.717, 1.165) is 26.2 Å². The molecule has 2 rings (SSSR count). The van der Waals surface area contributed by atoms with Gasteiger partial charge in [-0.2, -0.15) is 0 Å². The molecule has 0 radical (unpaired) electrons. The topological polar surface area (TPSA) is 35.5 Å². The average molecular weight is 262 g/mol. The lowest BCUT2D eigenvalue weighted by atomic mass is 10.0. The van der Waals surface area contributed by atoms with Crippen LogP contribution in [0, 0.1) is 13.8 Å². The van der Waals surface area contributed by atoms with Gasteiger partial charge in [0.1, 0.15) is 0 Å². The van der Waals surface area contributed by atoms with Gasteiger partial charge in [0.05, 0.1) is 6.61 Å². The molecule has 0 aliphatic carbocycles. The van der Waals surface area contributed by atoms with Gasteiger partial charge >= 0.3 is 0 Å². The standard InChI is InChI=1S/C16H26N2O/c1-13-5-6-15(14(2)10-13)11-18(8-9-19)12-16-4-3-7-17-16/h5-6,10,16-17,19H,3-4,7-9,11-12H2,1-2H3. The Balaban J connectivity index is 1.98. The van der Waals surface area contributed by atoms with E-state index in [-0.39, 0.29) is 6.61 Å². The zero-order chi connectivity index (χ0) is 13.7. The van der Waals surface area contributed by atoms with Crippen molar-refractivity contribution >= 4 is 0 Å². The van der Waals surface area contributed by atoms with E-state index in [9.17, 15) is 5.11 Å². The van der Waals surface area contributed by atoms with Crippen molar-refractivity contribution in [2.24, 2.45) is 0 Å². The summed E-state index contributed by atoms with van der Waals surface area (Å²) in [6.07, 6.45) is 2.54. The summed E-state index contributed by atoms with van der Waals surface area (Å²) in [5, 5.41) is 12.8. The van der Waals surface area contributed by atoms with E-state index in [1.54, 1.807) is 0 Å². The molecule has 0 amide bonds. The van der Waals surface area contributed by atoms with E-state index in [0.29, 0.717) is 6.04 Å². The lowest BCUT2D eigenvalue weighted by Crippen LogP contribution is -2.38. The Hall–Kier alpha value is -0.900. The molecule has 19 heavy (non-hydrogen) atoms. The molecule has 1 atom stereocenters. The molecule has 0 bridgehead atoms. The van der Waals surface area contributed by atoms with Crippen LogP contribution in [0.25, 0.3) is 0 Å². The van der Waals surface area contributed by atoms with Crippen molar-refractivity contribution in [3.8, 4) is 0 Å². The minimum absolute atomic E-state index is 0.234. The van der Waals surface area contributed by atoms with E-state index in [1.165, 1.54) is 29.5 Å². The molecule has 1 fully saturated rings. The molecule has 3 nitrogen and oxygen atoms in total. The van der Waals surface area contributed by atoms with Gasteiger partial charge in [0.15, 0.2) is 0 Å². The van der Waals surface area contributed by atoms with Crippen molar-refractivity contribution in [3.05, 3.63) is 34.9 Å². The van der Waals surface area contributed by atoms with E-state index in [4.69, 9.17) is 0 Å². The first-order valence-corrected chi connectivity index (χ1v) is 7.32. The van der Waals surface area contributed by atoms with Gasteiger partial charge in [0, 0.05) is 25.7 Å². The van der Waals surface area contributed by atoms with Crippen LogP contribution in [0.2, 0.25) is 0 Å². The fourth-order valence-corrected chi connectivity index (χ4v) is 2.86. The number of hydrogen-bond acceptors (Lipinski definition) is 3. The molecule has 0 saturated carbocycles. The maximum absolute atomic E-state index is 9.24. The van der Waals surface area contributed by atoms with Crippen LogP contribution < -0.4 is 5.32 Å². The molecular formula is C16H26N2O. The largest absolute Gasteiger partial charge is 0.395 e. The highest BCUT2D eigenvalue weighted by Gasteiger charge is 2.18. The molecule has 1 aromatic rings. The number of aryl methyl sites for hydroxylation is 2. The highest BCUT2D eigenvalue weighted by Crippen LogP contribution is 2.15. The second kappa shape index (κ2) is 7.04. The van der Waals surface area contributed by atoms with Gasteiger partial charge in [-0.15, -0.1) is 0 Å². The minimum atomic E-state index is 0.234. The SMILES string of the molecule is Cc1ccc(CN(CCO)CC2CCCN2)c(C)c1. The van der Waals surface area contributed by atoms with E-state index < -0.39 is 0 Å². The van der Waals surface area contributed by atoms with Gasteiger partial charge in [0.2, 0.25) is 0 Å². The summed E-state index contributed by atoms with van der Waals surface area (Å²) < 4.78 is 0. The predicted molar refractivity (Wildman–Crippen MR) is 79.3 cm³/mol. The van der Waals surface area contributed by atoms with Crippen LogP contribution in [-0.2, 0) is 6.54 Å². The van der Waals surface area contributed by atoms with Gasteiger partial charge in [-0.1, -0.05) is 23.8 Å². The van der Waals surface area contributed by atoms with E-state index >= 15 is 0 Å². The van der Waals surface area contributed by atoms with Crippen molar-refractivity contribution in [1.82, 2.24) is 10.2 Å². The molecule has 0 aromatic heterocycles. The van der Waals surface area contributed by atoms with E-state index in [2.05, 4.69) is 42.3 Å². The summed E-state index contributed by atoms with van der Waals surface area (Å²) in [6.45, 7) is 8.40. The van der Waals surface area contributed by atoms with Gasteiger partial charge in [-0.05, 0) is 44.4 Å². The van der Waals surface area contributed by atoms with Crippen LogP contribution in [0.4, 0.5) is 0 Å². The van der Waals surface area contributed by atoms with Crippen LogP contribution in [0.1, 0.15) is 29.5 Å². The summed E-state index contributed by atoms with van der Waals surface area (Å²) in [4.78, 5) is 2.36. The van der Waals surface area contributed by atoms with Crippen molar-refractivity contribution in [3.63, 3.8) is 0 Å². The lowest BCUT2D eigenvalue weighted by molar-refractivity contribution is 0.179. The van der Waals surface area contributed by atoms with Crippen LogP contribution in [-0.4, -0.2) is 42.3 Å². The predicted octanol–water partition coefficient (Wildman–Crippen LogP) is 1.85. The Labute approximate surface area is 116 Å². The average Bonchev–Trinajstić information content (AvgIpc) is 2.86. The number of hydrogen-bond donors (Lipinski definition) is 2. The van der Waals surface area contributed by atoms with Crippen molar-refractivity contribution < 1.29 is 5.11 Å². The molecule has 3 heteroatoms. The fourth-order valence-electron chi connectivity index (χ4n) is 2.86. The maximum Gasteiger partial charge on any atom is 0.0558 e. The summed E-state index contributed by atoms with van der Waals surface area (Å²) in [7, 11) is 0. The molecule has 2 N–H and O–H groups in total. The van der Waals surface area contributed by atoms with Crippen LogP contribution >= 0.6 is 0 Å². The number of aliphatic hydroxyl groups is 1. The number of rotatable bonds is 6. The molecule has 1 aliphatic rings. The smallest absolute Gasteiger partial charge is 0.0558 e. The Morgan fingerprint density at radius 2 is 2.21 bits per heavy atom. The monoisotopic (exact) mass is 262 g/mol. The molecule has 1 aromatic carbocycles. The first-order valence-electron chi connectivity index (χ1n) is 7.32. The second-order valence-corrected chi connectivity index (χ2v) is 5.68. The first-order chi connectivity index (χ1) is 9.19. The van der Waals surface area contributed by atoms with Gasteiger partial charge in [0.25, 0.3) is 0 Å². The third-order valence-corrected chi connectivity index (χ3v) is 3.95. The highest BCUT2D eigenvalue weighted by molar-refractivity contribution is 5.30. The molecule has 1 heterocycles. The van der Waals surface area contributed by atoms with Crippen molar-refractivity contribution in [1.29, 1.82) is 0 Å². The molecule has 106 valence electrons. The second-order valence-electron chi connectivity index (χ2n) is 5.68. The Bertz CT molecular complexity index is 400. The Morgan fingerprint density at radius 3 is 2.84 bits per heavy atom. The normalized spacial score (nSPS) is 19.3. The molecule has 1 aliphatic heterocycles. The van der Waals surface area contributed by atoms with E-state index in [1.807, 2.05) is 0 Å². The highest BCUT2D eigenvalue weighted by atomic mass is 16.3. The zero-order valence-corrected chi connectivity index (χ0v) is 12.2. The van der Waals surface area contributed by atoms with Gasteiger partial charge in [-0.25, -0.2) is 0 Å².